The number of nitrogens with zero attached hydrogens (tertiary/aromatic N) is 2. The summed E-state index contributed by atoms with van der Waals surface area (Å²) < 4.78 is 0. The van der Waals surface area contributed by atoms with E-state index in [-0.39, 0.29) is 0 Å². The van der Waals surface area contributed by atoms with Gasteiger partial charge < -0.3 is 10.6 Å². The number of likely N-dealkylation sites (tertiary alicyclic amines) is 1. The van der Waals surface area contributed by atoms with Gasteiger partial charge in [0.05, 0.1) is 0 Å². The van der Waals surface area contributed by atoms with Gasteiger partial charge in [-0.2, -0.15) is 0 Å². The zero-order chi connectivity index (χ0) is 15.1. The lowest BCUT2D eigenvalue weighted by Crippen LogP contribution is -2.44. The van der Waals surface area contributed by atoms with E-state index in [2.05, 4.69) is 47.9 Å². The third-order valence-corrected chi connectivity index (χ3v) is 4.66. The lowest BCUT2D eigenvalue weighted by Gasteiger charge is -2.38. The van der Waals surface area contributed by atoms with E-state index in [0.29, 0.717) is 6.54 Å². The summed E-state index contributed by atoms with van der Waals surface area (Å²) in [5.74, 6) is 0. The summed E-state index contributed by atoms with van der Waals surface area (Å²) in [6.45, 7) is 11.2. The van der Waals surface area contributed by atoms with Crippen molar-refractivity contribution in [1.29, 1.82) is 0 Å². The average molecular weight is 289 g/mol. The molecule has 0 amide bonds. The molecule has 0 unspecified atom stereocenters. The van der Waals surface area contributed by atoms with Gasteiger partial charge in [0.2, 0.25) is 0 Å². The third-order valence-electron chi connectivity index (χ3n) is 4.66. The second kappa shape index (κ2) is 8.52. The van der Waals surface area contributed by atoms with E-state index in [9.17, 15) is 0 Å². The molecule has 0 atom stereocenters. The molecule has 1 aromatic carbocycles. The van der Waals surface area contributed by atoms with E-state index in [0.717, 1.165) is 12.6 Å². The Labute approximate surface area is 130 Å². The molecule has 3 heteroatoms. The monoisotopic (exact) mass is 289 g/mol. The summed E-state index contributed by atoms with van der Waals surface area (Å²) >= 11 is 0. The highest BCUT2D eigenvalue weighted by molar-refractivity contribution is 5.22. The van der Waals surface area contributed by atoms with Crippen LogP contribution in [0.25, 0.3) is 0 Å². The minimum absolute atomic E-state index is 0.635. The molecule has 1 fully saturated rings. The van der Waals surface area contributed by atoms with E-state index >= 15 is 0 Å². The third kappa shape index (κ3) is 4.80. The molecule has 2 N–H and O–H groups in total. The molecule has 0 aromatic heterocycles. The van der Waals surface area contributed by atoms with Crippen LogP contribution in [-0.4, -0.2) is 42.0 Å². The van der Waals surface area contributed by atoms with Crippen molar-refractivity contribution in [3.05, 3.63) is 35.4 Å². The van der Waals surface area contributed by atoms with E-state index in [4.69, 9.17) is 5.73 Å². The first-order valence-corrected chi connectivity index (χ1v) is 8.51. The zero-order valence-corrected chi connectivity index (χ0v) is 13.7. The molecule has 0 saturated carbocycles. The molecule has 1 aliphatic rings. The van der Waals surface area contributed by atoms with Gasteiger partial charge in [-0.15, -0.1) is 0 Å². The maximum Gasteiger partial charge on any atom is 0.0233 e. The highest BCUT2D eigenvalue weighted by Gasteiger charge is 2.23. The lowest BCUT2D eigenvalue weighted by molar-refractivity contribution is 0.108. The first-order chi connectivity index (χ1) is 10.3. The van der Waals surface area contributed by atoms with Crippen molar-refractivity contribution >= 4 is 0 Å². The second-order valence-corrected chi connectivity index (χ2v) is 6.16. The van der Waals surface area contributed by atoms with Gasteiger partial charge in [-0.05, 0) is 56.6 Å². The van der Waals surface area contributed by atoms with Crippen molar-refractivity contribution in [2.75, 3.05) is 26.2 Å². The van der Waals surface area contributed by atoms with Gasteiger partial charge in [0.25, 0.3) is 0 Å². The molecule has 0 radical (unpaired) electrons. The molecule has 0 aliphatic carbocycles. The van der Waals surface area contributed by atoms with E-state index in [1.165, 1.54) is 56.6 Å². The molecular formula is C18H31N3. The minimum Gasteiger partial charge on any atom is -0.326 e. The van der Waals surface area contributed by atoms with Gasteiger partial charge in [-0.1, -0.05) is 38.1 Å². The zero-order valence-electron chi connectivity index (χ0n) is 13.7. The second-order valence-electron chi connectivity index (χ2n) is 6.16. The first-order valence-electron chi connectivity index (χ1n) is 8.51. The summed E-state index contributed by atoms with van der Waals surface area (Å²) in [4.78, 5) is 5.25. The van der Waals surface area contributed by atoms with Crippen molar-refractivity contribution in [3.63, 3.8) is 0 Å². The summed E-state index contributed by atoms with van der Waals surface area (Å²) in [6, 6.07) is 9.56. The SMILES string of the molecule is CCCN(CC)C1CCN(Cc2ccc(CN)cc2)CC1. The quantitative estimate of drug-likeness (QED) is 0.838. The molecular weight excluding hydrogens is 258 g/mol. The molecule has 118 valence electrons. The summed E-state index contributed by atoms with van der Waals surface area (Å²) in [7, 11) is 0. The van der Waals surface area contributed by atoms with Crippen LogP contribution in [0.3, 0.4) is 0 Å². The van der Waals surface area contributed by atoms with Gasteiger partial charge in [-0.25, -0.2) is 0 Å². The molecule has 1 aliphatic heterocycles. The highest BCUT2D eigenvalue weighted by atomic mass is 15.2. The van der Waals surface area contributed by atoms with Crippen LogP contribution in [-0.2, 0) is 13.1 Å². The van der Waals surface area contributed by atoms with E-state index in [1.54, 1.807) is 0 Å². The number of hydrogen-bond donors (Lipinski definition) is 1. The van der Waals surface area contributed by atoms with Gasteiger partial charge >= 0.3 is 0 Å². The van der Waals surface area contributed by atoms with Gasteiger partial charge in [0.15, 0.2) is 0 Å². The van der Waals surface area contributed by atoms with E-state index in [1.807, 2.05) is 0 Å². The maximum absolute atomic E-state index is 5.65. The molecule has 0 bridgehead atoms. The Morgan fingerprint density at radius 1 is 1.10 bits per heavy atom. The van der Waals surface area contributed by atoms with Gasteiger partial charge in [-0.3, -0.25) is 4.90 Å². The summed E-state index contributed by atoms with van der Waals surface area (Å²) in [5, 5.41) is 0. The molecule has 3 nitrogen and oxygen atoms in total. The Morgan fingerprint density at radius 2 is 1.71 bits per heavy atom. The largest absolute Gasteiger partial charge is 0.326 e. The normalized spacial score (nSPS) is 17.5. The van der Waals surface area contributed by atoms with Crippen molar-refractivity contribution in [3.8, 4) is 0 Å². The predicted octanol–water partition coefficient (Wildman–Crippen LogP) is 2.84. The maximum atomic E-state index is 5.65. The van der Waals surface area contributed by atoms with Crippen LogP contribution in [0.15, 0.2) is 24.3 Å². The van der Waals surface area contributed by atoms with Crippen LogP contribution in [0.2, 0.25) is 0 Å². The van der Waals surface area contributed by atoms with Crippen LogP contribution >= 0.6 is 0 Å². The number of piperidine rings is 1. The fourth-order valence-corrected chi connectivity index (χ4v) is 3.37. The summed E-state index contributed by atoms with van der Waals surface area (Å²) in [5.41, 5.74) is 8.28. The number of rotatable bonds is 7. The summed E-state index contributed by atoms with van der Waals surface area (Å²) in [6.07, 6.45) is 3.89. The molecule has 0 spiro atoms. The average Bonchev–Trinajstić information content (AvgIpc) is 2.54. The number of nitrogens with two attached hydrogens (primary N) is 1. The molecule has 1 heterocycles. The highest BCUT2D eigenvalue weighted by Crippen LogP contribution is 2.18. The molecule has 1 aromatic rings. The van der Waals surface area contributed by atoms with Crippen molar-refractivity contribution in [1.82, 2.24) is 9.80 Å². The Bertz CT molecular complexity index is 393. The Kier molecular flexibility index (Phi) is 6.68. The molecule has 1 saturated heterocycles. The van der Waals surface area contributed by atoms with Crippen LogP contribution in [0.4, 0.5) is 0 Å². The Hall–Kier alpha value is -0.900. The first kappa shape index (κ1) is 16.5. The molecule has 2 rings (SSSR count). The van der Waals surface area contributed by atoms with Crippen molar-refractivity contribution in [2.45, 2.75) is 52.2 Å². The molecule has 21 heavy (non-hydrogen) atoms. The van der Waals surface area contributed by atoms with Crippen LogP contribution in [0.5, 0.6) is 0 Å². The van der Waals surface area contributed by atoms with Crippen molar-refractivity contribution in [2.24, 2.45) is 5.73 Å². The van der Waals surface area contributed by atoms with Crippen molar-refractivity contribution < 1.29 is 0 Å². The lowest BCUT2D eigenvalue weighted by atomic mass is 10.0. The fraction of sp³-hybridized carbons (Fsp3) is 0.667. The Morgan fingerprint density at radius 3 is 2.24 bits per heavy atom. The van der Waals surface area contributed by atoms with Gasteiger partial charge in [0, 0.05) is 19.1 Å². The minimum atomic E-state index is 0.635. The van der Waals surface area contributed by atoms with Crippen LogP contribution < -0.4 is 5.73 Å². The topological polar surface area (TPSA) is 32.5 Å². The fourth-order valence-electron chi connectivity index (χ4n) is 3.37. The number of hydrogen-bond acceptors (Lipinski definition) is 3. The predicted molar refractivity (Wildman–Crippen MR) is 90.2 cm³/mol. The Balaban J connectivity index is 1.80. The van der Waals surface area contributed by atoms with Crippen LogP contribution in [0.1, 0.15) is 44.2 Å². The standard InChI is InChI=1S/C18H31N3/c1-3-11-21(4-2)18-9-12-20(13-10-18)15-17-7-5-16(14-19)6-8-17/h5-8,18H,3-4,9-15,19H2,1-2H3. The number of benzene rings is 1. The van der Waals surface area contributed by atoms with Gasteiger partial charge in [0.1, 0.15) is 0 Å². The van der Waals surface area contributed by atoms with Crippen LogP contribution in [0, 0.1) is 0 Å². The smallest absolute Gasteiger partial charge is 0.0233 e. The van der Waals surface area contributed by atoms with E-state index < -0.39 is 0 Å².